The van der Waals surface area contributed by atoms with Crippen LogP contribution < -0.4 is 0 Å². The number of amides is 1. The first-order chi connectivity index (χ1) is 15.9. The first-order valence-electron chi connectivity index (χ1n) is 12.8. The Bertz CT molecular complexity index is 1100. The number of piperidine rings is 3. The molecule has 4 heteroatoms. The summed E-state index contributed by atoms with van der Waals surface area (Å²) in [5.41, 5.74) is 2.89. The summed E-state index contributed by atoms with van der Waals surface area (Å²) in [7, 11) is 0. The molecule has 0 spiro atoms. The van der Waals surface area contributed by atoms with Crippen LogP contribution in [0.2, 0.25) is 0 Å². The molecule has 0 saturated carbocycles. The molecule has 0 radical (unpaired) electrons. The summed E-state index contributed by atoms with van der Waals surface area (Å²) in [5, 5.41) is 0. The smallest absolute Gasteiger partial charge is 0.410 e. The maximum atomic E-state index is 13.6. The van der Waals surface area contributed by atoms with Crippen molar-refractivity contribution >= 4 is 6.09 Å². The van der Waals surface area contributed by atoms with E-state index in [2.05, 4.69) is 0 Å². The fraction of sp³-hybridized carbons (Fsp3) is 0.435. The summed E-state index contributed by atoms with van der Waals surface area (Å²) < 4.78 is 64.4. The predicted octanol–water partition coefficient (Wildman–Crippen LogP) is 3.86. The Kier molecular flexibility index (Phi) is 2.82. The van der Waals surface area contributed by atoms with Crippen molar-refractivity contribution in [1.82, 2.24) is 9.80 Å². The van der Waals surface area contributed by atoms with Gasteiger partial charge in [-0.1, -0.05) is 54.6 Å². The van der Waals surface area contributed by atoms with Gasteiger partial charge in [0, 0.05) is 21.3 Å². The van der Waals surface area contributed by atoms with Gasteiger partial charge < -0.3 is 4.74 Å². The van der Waals surface area contributed by atoms with Crippen molar-refractivity contribution in [2.45, 2.75) is 31.4 Å². The number of hydrogen-bond donors (Lipinski definition) is 0. The van der Waals surface area contributed by atoms with E-state index >= 15 is 0 Å². The van der Waals surface area contributed by atoms with Gasteiger partial charge in [0.25, 0.3) is 0 Å². The van der Waals surface area contributed by atoms with Crippen LogP contribution in [0.15, 0.2) is 54.6 Å². The van der Waals surface area contributed by atoms with Crippen LogP contribution in [-0.4, -0.2) is 48.0 Å². The van der Waals surface area contributed by atoms with Gasteiger partial charge >= 0.3 is 6.09 Å². The number of hydrogen-bond acceptors (Lipinski definition) is 3. The second-order valence-corrected chi connectivity index (χ2v) is 7.06. The van der Waals surface area contributed by atoms with Crippen molar-refractivity contribution in [1.29, 1.82) is 0 Å². The minimum atomic E-state index is -2.87. The maximum Gasteiger partial charge on any atom is 0.410 e. The second-order valence-electron chi connectivity index (χ2n) is 7.06. The van der Waals surface area contributed by atoms with Crippen LogP contribution in [0.1, 0.15) is 45.2 Å². The summed E-state index contributed by atoms with van der Waals surface area (Å²) in [5.74, 6) is -1.14. The standard InChI is InChI=1S/C23H26N2O2/c26-23(27-21-16-24-13-10-18(21)11-14-24)25-15-12-17-6-4-5-9-20(17)22(25)19-7-2-1-3-8-19/h1-9,18,21-22H,10-16H2/t21-,22+/m1/s1/i13D2,14D2,16D2,21D. The number of rotatable bonds is 2. The Morgan fingerprint density at radius 2 is 1.81 bits per heavy atom. The van der Waals surface area contributed by atoms with Gasteiger partial charge in [-0.2, -0.15) is 0 Å². The Morgan fingerprint density at radius 1 is 1.07 bits per heavy atom. The van der Waals surface area contributed by atoms with Gasteiger partial charge in [0.2, 0.25) is 0 Å². The zero-order valence-electron chi connectivity index (χ0n) is 21.9. The molecule has 140 valence electrons. The molecular formula is C23H26N2O2. The lowest BCUT2D eigenvalue weighted by Crippen LogP contribution is -2.53. The van der Waals surface area contributed by atoms with Crippen LogP contribution in [0.4, 0.5) is 4.79 Å². The van der Waals surface area contributed by atoms with Crippen LogP contribution in [0.25, 0.3) is 0 Å². The van der Waals surface area contributed by atoms with E-state index < -0.39 is 43.6 Å². The lowest BCUT2D eigenvalue weighted by atomic mass is 9.86. The second kappa shape index (κ2) is 7.01. The molecule has 0 aromatic heterocycles. The van der Waals surface area contributed by atoms with Crippen molar-refractivity contribution in [3.8, 4) is 0 Å². The SMILES string of the molecule is [2H]C1([2H])CC2CC([2H])([2H])N1C([2H])([2H])[C@@]2([2H])OC(=O)N1CCc2ccccc2[C@@H]1c1ccccc1. The molecule has 1 amide bonds. The lowest BCUT2D eigenvalue weighted by Gasteiger charge is -2.45. The summed E-state index contributed by atoms with van der Waals surface area (Å²) in [4.78, 5) is 15.5. The number of nitrogens with zero attached hydrogens (tertiary/aromatic N) is 2. The Morgan fingerprint density at radius 3 is 2.59 bits per heavy atom. The van der Waals surface area contributed by atoms with E-state index in [1.807, 2.05) is 54.6 Å². The van der Waals surface area contributed by atoms with Crippen LogP contribution in [-0.2, 0) is 11.2 Å². The molecule has 4 heterocycles. The Hall–Kier alpha value is -2.33. The predicted molar refractivity (Wildman–Crippen MR) is 105 cm³/mol. The summed E-state index contributed by atoms with van der Waals surface area (Å²) >= 11 is 0. The molecule has 6 rings (SSSR count). The molecule has 2 atom stereocenters. The third-order valence-electron chi connectivity index (χ3n) is 5.41. The number of carbonyl (C=O) groups is 1. The van der Waals surface area contributed by atoms with E-state index in [1.54, 1.807) is 0 Å². The molecule has 0 N–H and O–H groups in total. The molecule has 3 fully saturated rings. The van der Waals surface area contributed by atoms with Gasteiger partial charge in [0.1, 0.15) is 6.08 Å². The van der Waals surface area contributed by atoms with E-state index in [1.165, 1.54) is 4.90 Å². The largest absolute Gasteiger partial charge is 0.444 e. The minimum Gasteiger partial charge on any atom is -0.444 e. The van der Waals surface area contributed by atoms with E-state index in [0.717, 1.165) is 16.7 Å². The normalized spacial score (nSPS) is 41.4. The monoisotopic (exact) mass is 369 g/mol. The molecule has 2 aromatic carbocycles. The molecule has 4 aliphatic rings. The Labute approximate surface area is 170 Å². The highest BCUT2D eigenvalue weighted by atomic mass is 16.6. The highest BCUT2D eigenvalue weighted by Crippen LogP contribution is 2.36. The highest BCUT2D eigenvalue weighted by Gasteiger charge is 2.39. The van der Waals surface area contributed by atoms with Gasteiger partial charge in [0.05, 0.1) is 7.41 Å². The molecule has 4 aliphatic heterocycles. The van der Waals surface area contributed by atoms with Crippen LogP contribution >= 0.6 is 0 Å². The summed E-state index contributed by atoms with van der Waals surface area (Å²) in [6.07, 6.45) is -3.34. The third-order valence-corrected chi connectivity index (χ3v) is 5.41. The van der Waals surface area contributed by atoms with Crippen molar-refractivity contribution < 1.29 is 19.1 Å². The topological polar surface area (TPSA) is 32.8 Å². The zero-order chi connectivity index (χ0) is 24.5. The average molecular weight is 370 g/mol. The molecule has 2 bridgehead atoms. The summed E-state index contributed by atoms with van der Waals surface area (Å²) in [6, 6.07) is 16.7. The summed E-state index contributed by atoms with van der Waals surface area (Å²) in [6.45, 7) is -7.16. The molecular weight excluding hydrogens is 336 g/mol. The maximum absolute atomic E-state index is 13.6. The van der Waals surface area contributed by atoms with Crippen LogP contribution in [0, 0.1) is 5.92 Å². The van der Waals surface area contributed by atoms with Gasteiger partial charge in [-0.15, -0.1) is 0 Å². The van der Waals surface area contributed by atoms with Gasteiger partial charge in [-0.3, -0.25) is 9.80 Å². The first-order valence-corrected chi connectivity index (χ1v) is 9.31. The van der Waals surface area contributed by atoms with Crippen molar-refractivity contribution in [2.24, 2.45) is 5.92 Å². The lowest BCUT2D eigenvalue weighted by molar-refractivity contribution is -0.0462. The van der Waals surface area contributed by atoms with E-state index in [-0.39, 0.29) is 12.8 Å². The highest BCUT2D eigenvalue weighted by molar-refractivity contribution is 5.70. The Balaban J connectivity index is 1.51. The van der Waals surface area contributed by atoms with Gasteiger partial charge in [0.15, 0.2) is 0 Å². The van der Waals surface area contributed by atoms with E-state index in [4.69, 9.17) is 14.3 Å². The fourth-order valence-electron chi connectivity index (χ4n) is 4.01. The van der Waals surface area contributed by atoms with Crippen molar-refractivity contribution in [3.05, 3.63) is 71.3 Å². The van der Waals surface area contributed by atoms with E-state index in [0.29, 0.717) is 17.9 Å². The number of fused-ring (bicyclic) bond motifs is 4. The van der Waals surface area contributed by atoms with E-state index in [9.17, 15) is 4.79 Å². The molecule has 2 aromatic rings. The third kappa shape index (κ3) is 3.12. The van der Waals surface area contributed by atoms with Gasteiger partial charge in [-0.25, -0.2) is 4.79 Å². The molecule has 0 unspecified atom stereocenters. The number of benzene rings is 2. The van der Waals surface area contributed by atoms with Crippen LogP contribution in [0.3, 0.4) is 0 Å². The molecule has 3 saturated heterocycles. The minimum absolute atomic E-state index is 0.298. The van der Waals surface area contributed by atoms with Gasteiger partial charge in [-0.05, 0) is 54.9 Å². The average Bonchev–Trinajstić information content (AvgIpc) is 2.75. The fourth-order valence-corrected chi connectivity index (χ4v) is 4.01. The van der Waals surface area contributed by atoms with Crippen molar-refractivity contribution in [3.63, 3.8) is 0 Å². The first kappa shape index (κ1) is 10.9. The van der Waals surface area contributed by atoms with Crippen LogP contribution in [0.5, 0.6) is 0 Å². The number of ether oxygens (including phenoxy) is 1. The number of carbonyl (C=O) groups excluding carboxylic acids is 1. The quantitative estimate of drug-likeness (QED) is 0.806. The zero-order valence-corrected chi connectivity index (χ0v) is 14.9. The molecule has 27 heavy (non-hydrogen) atoms. The van der Waals surface area contributed by atoms with Crippen molar-refractivity contribution in [2.75, 3.05) is 26.0 Å². The molecule has 0 aliphatic carbocycles. The molecule has 4 nitrogen and oxygen atoms in total.